The third kappa shape index (κ3) is 5.43. The molecule has 1 amide bonds. The normalized spacial score (nSPS) is 20.0. The van der Waals surface area contributed by atoms with Crippen molar-refractivity contribution in [3.63, 3.8) is 0 Å². The highest BCUT2D eigenvalue weighted by atomic mass is 19.1. The first-order valence-corrected chi connectivity index (χ1v) is 12.3. The zero-order chi connectivity index (χ0) is 25.8. The molecule has 2 aliphatic heterocycles. The maximum absolute atomic E-state index is 14.6. The van der Waals surface area contributed by atoms with Crippen LogP contribution < -0.4 is 4.74 Å². The van der Waals surface area contributed by atoms with Gasteiger partial charge in [-0.05, 0) is 43.7 Å². The first-order chi connectivity index (χ1) is 18.0. The van der Waals surface area contributed by atoms with Crippen LogP contribution >= 0.6 is 0 Å². The molecule has 1 fully saturated rings. The van der Waals surface area contributed by atoms with Gasteiger partial charge in [-0.15, -0.1) is 0 Å². The first kappa shape index (κ1) is 24.8. The lowest BCUT2D eigenvalue weighted by atomic mass is 10.0. The van der Waals surface area contributed by atoms with Gasteiger partial charge in [-0.3, -0.25) is 4.98 Å². The van der Waals surface area contributed by atoms with E-state index in [1.807, 2.05) is 12.2 Å². The summed E-state index contributed by atoms with van der Waals surface area (Å²) >= 11 is 0. The number of unbranched alkanes of at least 4 members (excludes halogenated alkanes) is 1. The van der Waals surface area contributed by atoms with Gasteiger partial charge in [0.2, 0.25) is 11.8 Å². The first-order valence-electron chi connectivity index (χ1n) is 12.3. The van der Waals surface area contributed by atoms with Gasteiger partial charge in [0.15, 0.2) is 12.0 Å². The molecule has 3 aliphatic rings. The summed E-state index contributed by atoms with van der Waals surface area (Å²) in [6, 6.07) is 3.31. The maximum Gasteiger partial charge on any atom is 0.417 e. The average Bonchev–Trinajstić information content (AvgIpc) is 3.31. The summed E-state index contributed by atoms with van der Waals surface area (Å²) in [6.45, 7) is 0.330. The Morgan fingerprint density at radius 3 is 3.00 bits per heavy atom. The summed E-state index contributed by atoms with van der Waals surface area (Å²) in [5, 5.41) is 10.7. The molecule has 10 heteroatoms. The van der Waals surface area contributed by atoms with Gasteiger partial charge in [-0.25, -0.2) is 19.1 Å². The summed E-state index contributed by atoms with van der Waals surface area (Å²) in [6.07, 6.45) is 12.1. The van der Waals surface area contributed by atoms with E-state index in [2.05, 4.69) is 16.0 Å². The fourth-order valence-corrected chi connectivity index (χ4v) is 4.56. The Balaban J connectivity index is 1.13. The third-order valence-electron chi connectivity index (χ3n) is 6.50. The average molecular weight is 510 g/mol. The summed E-state index contributed by atoms with van der Waals surface area (Å²) < 4.78 is 36.6. The van der Waals surface area contributed by atoms with Gasteiger partial charge < -0.3 is 24.1 Å². The minimum Gasteiger partial charge on any atom is -0.481 e. The molecular weight excluding hydrogens is 481 g/mol. The number of allylic oxidation sites excluding steroid dienone is 4. The summed E-state index contributed by atoms with van der Waals surface area (Å²) in [5.41, 5.74) is 1.87. The molecule has 1 saturated heterocycles. The number of rotatable bonds is 9. The molecule has 2 aromatic heterocycles. The van der Waals surface area contributed by atoms with E-state index >= 15 is 0 Å². The SMILES string of the molecule is COc1ccc2ncc(F)c([C@H](O)CCCC[C@@H]3CN(C4=COC=C(C5=CC=CCC5)O4)C(=O)O3)c2n1. The zero-order valence-corrected chi connectivity index (χ0v) is 20.4. The molecule has 0 unspecified atom stereocenters. The molecule has 1 aliphatic carbocycles. The maximum atomic E-state index is 14.6. The molecule has 4 heterocycles. The fourth-order valence-electron chi connectivity index (χ4n) is 4.56. The second-order valence-electron chi connectivity index (χ2n) is 8.99. The van der Waals surface area contributed by atoms with E-state index in [1.54, 1.807) is 12.1 Å². The molecule has 5 rings (SSSR count). The standard InChI is InChI=1S/C27H28FN3O6/c1-34-23-12-11-20-26(30-23)25(19(28)13-29-20)21(32)10-6-5-9-18-14-31(27(33)36-18)24-16-35-15-22(37-24)17-7-3-2-4-8-17/h2-3,7,11-13,15-16,18,21,32H,4-6,8-10,14H2,1H3/t18-,21-/m1/s1. The van der Waals surface area contributed by atoms with E-state index in [1.165, 1.54) is 24.5 Å². The number of amides is 1. The Morgan fingerprint density at radius 1 is 1.30 bits per heavy atom. The molecule has 0 spiro atoms. The molecule has 9 nitrogen and oxygen atoms in total. The second-order valence-corrected chi connectivity index (χ2v) is 8.99. The summed E-state index contributed by atoms with van der Waals surface area (Å²) in [5.74, 6) is 0.574. The van der Waals surface area contributed by atoms with Crippen molar-refractivity contribution in [1.29, 1.82) is 0 Å². The topological polar surface area (TPSA) is 103 Å². The zero-order valence-electron chi connectivity index (χ0n) is 20.4. The Morgan fingerprint density at radius 2 is 2.19 bits per heavy atom. The number of fused-ring (bicyclic) bond motifs is 1. The van der Waals surface area contributed by atoms with Gasteiger partial charge in [0.05, 0.1) is 31.5 Å². The van der Waals surface area contributed by atoms with Crippen LogP contribution in [0.3, 0.4) is 0 Å². The number of hydrogen-bond acceptors (Lipinski definition) is 8. The lowest BCUT2D eigenvalue weighted by molar-refractivity contribution is 0.115. The molecule has 0 aromatic carbocycles. The number of aromatic nitrogens is 2. The van der Waals surface area contributed by atoms with Crippen LogP contribution in [-0.4, -0.2) is 45.8 Å². The van der Waals surface area contributed by atoms with E-state index in [0.717, 1.165) is 24.6 Å². The predicted octanol–water partition coefficient (Wildman–Crippen LogP) is 5.16. The van der Waals surface area contributed by atoms with Crippen molar-refractivity contribution in [2.45, 2.75) is 50.7 Å². The van der Waals surface area contributed by atoms with Crippen LogP contribution in [0.1, 0.15) is 50.2 Å². The van der Waals surface area contributed by atoms with Crippen LogP contribution in [0.5, 0.6) is 5.88 Å². The van der Waals surface area contributed by atoms with Gasteiger partial charge in [-0.1, -0.05) is 24.6 Å². The number of carbonyl (C=O) groups excluding carboxylic acids is 1. The number of halogens is 1. The molecule has 37 heavy (non-hydrogen) atoms. The molecule has 1 N–H and O–H groups in total. The van der Waals surface area contributed by atoms with Gasteiger partial charge in [-0.2, -0.15) is 0 Å². The number of cyclic esters (lactones) is 1. The Hall–Kier alpha value is -3.92. The van der Waals surface area contributed by atoms with Crippen LogP contribution in [0, 0.1) is 5.82 Å². The van der Waals surface area contributed by atoms with Crippen molar-refractivity contribution in [3.05, 3.63) is 77.7 Å². The van der Waals surface area contributed by atoms with Crippen molar-refractivity contribution in [2.75, 3.05) is 13.7 Å². The van der Waals surface area contributed by atoms with Crippen LogP contribution in [-0.2, 0) is 14.2 Å². The lowest BCUT2D eigenvalue weighted by Crippen LogP contribution is -2.27. The Kier molecular flexibility index (Phi) is 7.36. The quantitative estimate of drug-likeness (QED) is 0.463. The van der Waals surface area contributed by atoms with Crippen LogP contribution in [0.2, 0.25) is 0 Å². The molecule has 2 aromatic rings. The van der Waals surface area contributed by atoms with Gasteiger partial charge in [0, 0.05) is 11.6 Å². The number of aliphatic hydroxyl groups excluding tert-OH is 1. The van der Waals surface area contributed by atoms with Crippen LogP contribution in [0.4, 0.5) is 9.18 Å². The number of hydrogen-bond donors (Lipinski definition) is 1. The highest BCUT2D eigenvalue weighted by Crippen LogP contribution is 2.32. The molecule has 0 radical (unpaired) electrons. The smallest absolute Gasteiger partial charge is 0.417 e. The minimum atomic E-state index is -1.06. The molecule has 0 bridgehead atoms. The number of methoxy groups -OCH3 is 1. The van der Waals surface area contributed by atoms with Gasteiger partial charge in [0.1, 0.15) is 23.7 Å². The Labute approximate surface area is 213 Å². The summed E-state index contributed by atoms with van der Waals surface area (Å²) in [4.78, 5) is 22.2. The number of nitrogens with zero attached hydrogens (tertiary/aromatic N) is 3. The largest absolute Gasteiger partial charge is 0.481 e. The van der Waals surface area contributed by atoms with Crippen molar-refractivity contribution in [3.8, 4) is 5.88 Å². The molecular formula is C27H28FN3O6. The number of ether oxygens (including phenoxy) is 4. The molecule has 2 atom stereocenters. The van der Waals surface area contributed by atoms with Crippen molar-refractivity contribution in [2.24, 2.45) is 0 Å². The van der Waals surface area contributed by atoms with E-state index in [9.17, 15) is 14.3 Å². The van der Waals surface area contributed by atoms with Crippen molar-refractivity contribution < 1.29 is 33.2 Å². The van der Waals surface area contributed by atoms with Crippen molar-refractivity contribution >= 4 is 17.1 Å². The van der Waals surface area contributed by atoms with Gasteiger partial charge >= 0.3 is 6.09 Å². The van der Waals surface area contributed by atoms with E-state index in [0.29, 0.717) is 55.3 Å². The fraction of sp³-hybridized carbons (Fsp3) is 0.370. The Bertz CT molecular complexity index is 1300. The monoisotopic (exact) mass is 509 g/mol. The molecule has 194 valence electrons. The lowest BCUT2D eigenvalue weighted by Gasteiger charge is -2.23. The van der Waals surface area contributed by atoms with Crippen LogP contribution in [0.25, 0.3) is 11.0 Å². The molecule has 0 saturated carbocycles. The van der Waals surface area contributed by atoms with E-state index in [4.69, 9.17) is 18.9 Å². The van der Waals surface area contributed by atoms with Crippen LogP contribution in [0.15, 0.2) is 66.3 Å². The number of pyridine rings is 2. The minimum absolute atomic E-state index is 0.108. The number of aliphatic hydroxyl groups is 1. The summed E-state index contributed by atoms with van der Waals surface area (Å²) in [7, 11) is 1.47. The second kappa shape index (κ2) is 11.0. The van der Waals surface area contributed by atoms with Crippen molar-refractivity contribution in [1.82, 2.24) is 14.9 Å². The highest BCUT2D eigenvalue weighted by Gasteiger charge is 2.36. The number of carbonyl (C=O) groups is 1. The highest BCUT2D eigenvalue weighted by molar-refractivity contribution is 5.78. The predicted molar refractivity (Wildman–Crippen MR) is 131 cm³/mol. The third-order valence-corrected chi connectivity index (χ3v) is 6.50. The van der Waals surface area contributed by atoms with E-state index in [-0.39, 0.29) is 17.2 Å². The van der Waals surface area contributed by atoms with E-state index < -0.39 is 18.0 Å². The van der Waals surface area contributed by atoms with Gasteiger partial charge in [0.25, 0.3) is 0 Å².